The molecule has 27 heavy (non-hydrogen) atoms. The number of aromatic nitrogens is 5. The predicted octanol–water partition coefficient (Wildman–Crippen LogP) is 3.24. The van der Waals surface area contributed by atoms with E-state index < -0.39 is 11.9 Å². The Hall–Kier alpha value is -2.62. The van der Waals surface area contributed by atoms with E-state index in [1.165, 1.54) is 17.0 Å². The Morgan fingerprint density at radius 1 is 1.22 bits per heavy atom. The maximum absolute atomic E-state index is 13.2. The van der Waals surface area contributed by atoms with E-state index in [2.05, 4.69) is 20.1 Å². The highest BCUT2D eigenvalue weighted by Gasteiger charge is 2.35. The van der Waals surface area contributed by atoms with Gasteiger partial charge in [0.2, 0.25) is 5.88 Å². The highest BCUT2D eigenvalue weighted by molar-refractivity contribution is 6.30. The topological polar surface area (TPSA) is 68.4 Å². The lowest BCUT2D eigenvalue weighted by molar-refractivity contribution is -0.141. The molecule has 142 valence electrons. The Kier molecular flexibility index (Phi) is 4.50. The second-order valence-corrected chi connectivity index (χ2v) is 6.55. The molecule has 3 aromatic heterocycles. The van der Waals surface area contributed by atoms with Crippen molar-refractivity contribution in [2.24, 2.45) is 0 Å². The fraction of sp³-hybridized carbons (Fsp3) is 0.375. The van der Waals surface area contributed by atoms with Crippen LogP contribution in [0.25, 0.3) is 5.78 Å². The van der Waals surface area contributed by atoms with Crippen LogP contribution in [0.15, 0.2) is 30.7 Å². The highest BCUT2D eigenvalue weighted by Crippen LogP contribution is 2.31. The van der Waals surface area contributed by atoms with Crippen molar-refractivity contribution in [2.45, 2.75) is 25.1 Å². The number of piperidine rings is 1. The van der Waals surface area contributed by atoms with Gasteiger partial charge in [0.25, 0.3) is 5.78 Å². The van der Waals surface area contributed by atoms with Crippen LogP contribution < -0.4 is 9.64 Å². The number of halogens is 4. The van der Waals surface area contributed by atoms with E-state index in [1.54, 1.807) is 17.0 Å². The third kappa shape index (κ3) is 3.75. The molecule has 0 saturated carbocycles. The molecule has 0 N–H and O–H groups in total. The fourth-order valence-corrected chi connectivity index (χ4v) is 3.12. The van der Waals surface area contributed by atoms with E-state index in [1.807, 2.05) is 0 Å². The zero-order chi connectivity index (χ0) is 19.0. The summed E-state index contributed by atoms with van der Waals surface area (Å²) >= 11 is 5.81. The van der Waals surface area contributed by atoms with E-state index in [0.29, 0.717) is 24.0 Å². The molecule has 7 nitrogen and oxygen atoms in total. The molecule has 0 amide bonds. The Labute approximate surface area is 156 Å². The Morgan fingerprint density at radius 2 is 2.07 bits per heavy atom. The molecule has 0 aliphatic carbocycles. The number of pyridine rings is 1. The van der Waals surface area contributed by atoms with Gasteiger partial charge >= 0.3 is 6.18 Å². The summed E-state index contributed by atoms with van der Waals surface area (Å²) in [5.74, 6) is 0.604. The van der Waals surface area contributed by atoms with Gasteiger partial charge in [-0.1, -0.05) is 11.6 Å². The number of ether oxygens (including phenoxy) is 1. The fourth-order valence-electron chi connectivity index (χ4n) is 3.01. The van der Waals surface area contributed by atoms with Crippen LogP contribution in [0, 0.1) is 0 Å². The quantitative estimate of drug-likeness (QED) is 0.674. The standard InChI is InChI=1S/C16H14ClF3N6O/c17-10-3-4-13(21-7-10)27-11-2-1-5-25(8-11)14-6-12(16(18,19)20)24-15-22-9-23-26(14)15/h3-4,6-7,9,11H,1-2,5,8H2. The van der Waals surface area contributed by atoms with Gasteiger partial charge in [-0.05, 0) is 18.9 Å². The van der Waals surface area contributed by atoms with Crippen molar-refractivity contribution in [3.05, 3.63) is 41.4 Å². The minimum absolute atomic E-state index is 0.0952. The number of alkyl halides is 3. The summed E-state index contributed by atoms with van der Waals surface area (Å²) in [6, 6.07) is 4.32. The average Bonchev–Trinajstić information content (AvgIpc) is 3.11. The van der Waals surface area contributed by atoms with E-state index in [9.17, 15) is 13.2 Å². The van der Waals surface area contributed by atoms with Gasteiger partial charge in [0.15, 0.2) is 5.69 Å². The second-order valence-electron chi connectivity index (χ2n) is 6.11. The molecule has 1 fully saturated rings. The molecule has 1 unspecified atom stereocenters. The van der Waals surface area contributed by atoms with Crippen molar-refractivity contribution >= 4 is 23.2 Å². The van der Waals surface area contributed by atoms with Gasteiger partial charge in [-0.15, -0.1) is 0 Å². The third-order valence-corrected chi connectivity index (χ3v) is 4.44. The van der Waals surface area contributed by atoms with Crippen LogP contribution >= 0.6 is 11.6 Å². The summed E-state index contributed by atoms with van der Waals surface area (Å²) in [6.07, 6.45) is -0.623. The molecule has 1 aliphatic heterocycles. The van der Waals surface area contributed by atoms with Crippen LogP contribution in [-0.2, 0) is 6.18 Å². The van der Waals surface area contributed by atoms with Crippen molar-refractivity contribution in [3.8, 4) is 5.88 Å². The van der Waals surface area contributed by atoms with E-state index in [0.717, 1.165) is 18.9 Å². The zero-order valence-corrected chi connectivity index (χ0v) is 14.7. The van der Waals surface area contributed by atoms with Gasteiger partial charge in [0.05, 0.1) is 11.6 Å². The SMILES string of the molecule is FC(F)(F)c1cc(N2CCCC(Oc3ccc(Cl)cn3)C2)n2ncnc2n1. The second kappa shape index (κ2) is 6.84. The van der Waals surface area contributed by atoms with Crippen molar-refractivity contribution in [1.29, 1.82) is 0 Å². The number of anilines is 1. The highest BCUT2D eigenvalue weighted by atomic mass is 35.5. The van der Waals surface area contributed by atoms with Gasteiger partial charge in [-0.25, -0.2) is 9.97 Å². The van der Waals surface area contributed by atoms with Crippen LogP contribution in [0.5, 0.6) is 5.88 Å². The first-order valence-electron chi connectivity index (χ1n) is 8.21. The summed E-state index contributed by atoms with van der Waals surface area (Å²) in [5.41, 5.74) is -1.000. The van der Waals surface area contributed by atoms with Crippen molar-refractivity contribution in [1.82, 2.24) is 24.6 Å². The van der Waals surface area contributed by atoms with Crippen molar-refractivity contribution < 1.29 is 17.9 Å². The van der Waals surface area contributed by atoms with Crippen molar-refractivity contribution in [2.75, 3.05) is 18.0 Å². The van der Waals surface area contributed by atoms with E-state index in [-0.39, 0.29) is 17.7 Å². The Bertz CT molecular complexity index is 945. The van der Waals surface area contributed by atoms with Crippen LogP contribution in [0.3, 0.4) is 0 Å². The molecule has 1 atom stereocenters. The smallest absolute Gasteiger partial charge is 0.433 e. The first-order valence-corrected chi connectivity index (χ1v) is 8.59. The minimum atomic E-state index is -4.57. The molecule has 4 rings (SSSR count). The molecule has 0 spiro atoms. The number of hydrogen-bond acceptors (Lipinski definition) is 6. The molecule has 0 radical (unpaired) electrons. The summed E-state index contributed by atoms with van der Waals surface area (Å²) in [5, 5.41) is 4.50. The Balaban J connectivity index is 1.61. The maximum Gasteiger partial charge on any atom is 0.433 e. The largest absolute Gasteiger partial charge is 0.472 e. The first-order chi connectivity index (χ1) is 12.9. The summed E-state index contributed by atoms with van der Waals surface area (Å²) in [4.78, 5) is 13.2. The lowest BCUT2D eigenvalue weighted by atomic mass is 10.1. The number of fused-ring (bicyclic) bond motifs is 1. The monoisotopic (exact) mass is 398 g/mol. The maximum atomic E-state index is 13.2. The van der Waals surface area contributed by atoms with Crippen LogP contribution in [-0.4, -0.2) is 43.8 Å². The minimum Gasteiger partial charge on any atom is -0.472 e. The summed E-state index contributed by atoms with van der Waals surface area (Å²) in [7, 11) is 0. The van der Waals surface area contributed by atoms with Crippen LogP contribution in [0.2, 0.25) is 5.02 Å². The number of nitrogens with zero attached hydrogens (tertiary/aromatic N) is 6. The lowest BCUT2D eigenvalue weighted by Crippen LogP contribution is -2.42. The molecule has 0 bridgehead atoms. The molecule has 4 heterocycles. The third-order valence-electron chi connectivity index (χ3n) is 4.21. The molecule has 11 heteroatoms. The molecule has 0 aromatic carbocycles. The number of rotatable bonds is 3. The number of hydrogen-bond donors (Lipinski definition) is 0. The summed E-state index contributed by atoms with van der Waals surface area (Å²) in [6.45, 7) is 0.963. The van der Waals surface area contributed by atoms with Crippen molar-refractivity contribution in [3.63, 3.8) is 0 Å². The van der Waals surface area contributed by atoms with E-state index >= 15 is 0 Å². The van der Waals surface area contributed by atoms with Gasteiger partial charge in [-0.3, -0.25) is 0 Å². The normalized spacial score (nSPS) is 18.1. The van der Waals surface area contributed by atoms with Crippen LogP contribution in [0.4, 0.5) is 19.0 Å². The zero-order valence-electron chi connectivity index (χ0n) is 13.9. The lowest BCUT2D eigenvalue weighted by Gasteiger charge is -2.34. The average molecular weight is 399 g/mol. The molecular formula is C16H14ClF3N6O. The van der Waals surface area contributed by atoms with Gasteiger partial charge in [-0.2, -0.15) is 27.8 Å². The van der Waals surface area contributed by atoms with E-state index in [4.69, 9.17) is 16.3 Å². The molecular weight excluding hydrogens is 385 g/mol. The summed E-state index contributed by atoms with van der Waals surface area (Å²) < 4.78 is 46.7. The van der Waals surface area contributed by atoms with Gasteiger partial charge < -0.3 is 9.64 Å². The molecule has 1 aliphatic rings. The van der Waals surface area contributed by atoms with Gasteiger partial charge in [0.1, 0.15) is 18.2 Å². The first kappa shape index (κ1) is 17.8. The van der Waals surface area contributed by atoms with Gasteiger partial charge in [0, 0.05) is 24.9 Å². The molecule has 3 aromatic rings. The Morgan fingerprint density at radius 3 is 2.81 bits per heavy atom. The molecule has 1 saturated heterocycles. The predicted molar refractivity (Wildman–Crippen MR) is 90.9 cm³/mol. The van der Waals surface area contributed by atoms with Crippen LogP contribution in [0.1, 0.15) is 18.5 Å².